The molecule has 26 heavy (non-hydrogen) atoms. The molecule has 0 spiro atoms. The lowest BCUT2D eigenvalue weighted by Gasteiger charge is -2.25. The van der Waals surface area contributed by atoms with Crippen LogP contribution in [-0.4, -0.2) is 57.3 Å². The molecule has 2 aromatic rings. The second-order valence-electron chi connectivity index (χ2n) is 6.43. The Bertz CT molecular complexity index is 695. The fourth-order valence-electron chi connectivity index (χ4n) is 2.43. The van der Waals surface area contributed by atoms with Crippen molar-refractivity contribution < 1.29 is 24.9 Å². The van der Waals surface area contributed by atoms with Gasteiger partial charge in [-0.25, -0.2) is 0 Å². The molecule has 0 fully saturated rings. The molecule has 144 valence electrons. The molecule has 2 rings (SSSR count). The van der Waals surface area contributed by atoms with E-state index in [1.54, 1.807) is 0 Å². The summed E-state index contributed by atoms with van der Waals surface area (Å²) in [6.07, 6.45) is 2.45. The summed E-state index contributed by atoms with van der Waals surface area (Å²) < 4.78 is 0. The summed E-state index contributed by atoms with van der Waals surface area (Å²) in [5, 5.41) is 27.6. The standard InChI is InChI=1S/C13H18N2O.C6H10O4/c1-9(15(2)3)13(16)11-8-14-12-7-5-4-6-10(11)12;7-5(8)3-1-2-4-6(9)10/h4-9,13-14,16H,1-3H3;1-4H2,(H,7,8)(H,9,10)/t9-,13-;/m1./s1. The number of aliphatic hydroxyl groups is 1. The number of carbonyl (C=O) groups is 2. The van der Waals surface area contributed by atoms with Crippen LogP contribution in [0.2, 0.25) is 0 Å². The van der Waals surface area contributed by atoms with Crippen LogP contribution in [0.25, 0.3) is 10.9 Å². The molecule has 7 heteroatoms. The number of para-hydroxylation sites is 1. The number of benzene rings is 1. The van der Waals surface area contributed by atoms with Gasteiger partial charge in [0, 0.05) is 41.5 Å². The molecular formula is C19H28N2O5. The van der Waals surface area contributed by atoms with Crippen LogP contribution in [0, 0.1) is 0 Å². The maximum Gasteiger partial charge on any atom is 0.303 e. The van der Waals surface area contributed by atoms with Crippen LogP contribution in [0.4, 0.5) is 0 Å². The molecule has 0 aliphatic rings. The Hall–Kier alpha value is -2.38. The molecule has 0 aliphatic carbocycles. The van der Waals surface area contributed by atoms with Crippen molar-refractivity contribution in [3.8, 4) is 0 Å². The highest BCUT2D eigenvalue weighted by Gasteiger charge is 2.20. The van der Waals surface area contributed by atoms with Gasteiger partial charge in [0.1, 0.15) is 0 Å². The molecule has 1 aromatic carbocycles. The van der Waals surface area contributed by atoms with E-state index in [0.29, 0.717) is 12.8 Å². The minimum Gasteiger partial charge on any atom is -0.481 e. The number of carboxylic acid groups (broad SMARTS) is 2. The van der Waals surface area contributed by atoms with Crippen LogP contribution >= 0.6 is 0 Å². The number of unbranched alkanes of at least 4 members (excludes halogenated alkanes) is 1. The zero-order chi connectivity index (χ0) is 19.7. The SMILES string of the molecule is C[C@H]([C@@H](O)c1c[nH]c2ccccc12)N(C)C.O=C(O)CCCCC(=O)O. The number of nitrogens with zero attached hydrogens (tertiary/aromatic N) is 1. The van der Waals surface area contributed by atoms with Gasteiger partial charge in [-0.2, -0.15) is 0 Å². The molecule has 1 aromatic heterocycles. The van der Waals surface area contributed by atoms with Crippen LogP contribution < -0.4 is 0 Å². The number of hydrogen-bond donors (Lipinski definition) is 4. The van der Waals surface area contributed by atoms with E-state index in [9.17, 15) is 14.7 Å². The molecule has 4 N–H and O–H groups in total. The molecule has 0 radical (unpaired) electrons. The zero-order valence-electron chi connectivity index (χ0n) is 15.5. The van der Waals surface area contributed by atoms with Gasteiger partial charge >= 0.3 is 11.9 Å². The van der Waals surface area contributed by atoms with Gasteiger partial charge in [0.25, 0.3) is 0 Å². The monoisotopic (exact) mass is 364 g/mol. The van der Waals surface area contributed by atoms with Crippen molar-refractivity contribution in [2.24, 2.45) is 0 Å². The van der Waals surface area contributed by atoms with Gasteiger partial charge in [0.05, 0.1) is 6.10 Å². The molecule has 2 atom stereocenters. The second-order valence-corrected chi connectivity index (χ2v) is 6.43. The Balaban J connectivity index is 0.000000294. The summed E-state index contributed by atoms with van der Waals surface area (Å²) in [4.78, 5) is 25.0. The highest BCUT2D eigenvalue weighted by Crippen LogP contribution is 2.27. The Labute approximate surface area is 153 Å². The first-order chi connectivity index (χ1) is 12.2. The predicted octanol–water partition coefficient (Wildman–Crippen LogP) is 2.87. The Morgan fingerprint density at radius 3 is 2.12 bits per heavy atom. The Kier molecular flexibility index (Phi) is 8.81. The molecule has 0 saturated heterocycles. The van der Waals surface area contributed by atoms with E-state index in [4.69, 9.17) is 10.2 Å². The number of aliphatic carboxylic acids is 2. The van der Waals surface area contributed by atoms with Gasteiger partial charge in [-0.15, -0.1) is 0 Å². The number of fused-ring (bicyclic) bond motifs is 1. The number of carboxylic acids is 2. The summed E-state index contributed by atoms with van der Waals surface area (Å²) >= 11 is 0. The lowest BCUT2D eigenvalue weighted by Crippen LogP contribution is -2.30. The van der Waals surface area contributed by atoms with Gasteiger partial charge in [-0.1, -0.05) is 18.2 Å². The quantitative estimate of drug-likeness (QED) is 0.536. The van der Waals surface area contributed by atoms with E-state index in [-0.39, 0.29) is 18.9 Å². The molecule has 0 amide bonds. The van der Waals surface area contributed by atoms with E-state index < -0.39 is 18.0 Å². The molecular weight excluding hydrogens is 336 g/mol. The van der Waals surface area contributed by atoms with E-state index in [1.165, 1.54) is 0 Å². The maximum absolute atomic E-state index is 10.3. The number of aliphatic hydroxyl groups excluding tert-OH is 1. The molecule has 0 bridgehead atoms. The Morgan fingerprint density at radius 1 is 1.08 bits per heavy atom. The smallest absolute Gasteiger partial charge is 0.303 e. The maximum atomic E-state index is 10.3. The van der Waals surface area contributed by atoms with Crippen molar-refractivity contribution >= 4 is 22.8 Å². The van der Waals surface area contributed by atoms with E-state index in [1.807, 2.05) is 56.4 Å². The number of aromatic amines is 1. The van der Waals surface area contributed by atoms with E-state index >= 15 is 0 Å². The number of hydrogen-bond acceptors (Lipinski definition) is 4. The van der Waals surface area contributed by atoms with Crippen LogP contribution in [-0.2, 0) is 9.59 Å². The van der Waals surface area contributed by atoms with Crippen LogP contribution in [0.5, 0.6) is 0 Å². The van der Waals surface area contributed by atoms with Gasteiger partial charge < -0.3 is 25.2 Å². The summed E-state index contributed by atoms with van der Waals surface area (Å²) in [6, 6.07) is 8.13. The number of aromatic nitrogens is 1. The third kappa shape index (κ3) is 6.85. The summed E-state index contributed by atoms with van der Waals surface area (Å²) in [5.41, 5.74) is 2.04. The minimum absolute atomic E-state index is 0.0628. The van der Waals surface area contributed by atoms with Gasteiger partial charge in [0.15, 0.2) is 0 Å². The summed E-state index contributed by atoms with van der Waals surface area (Å²) in [6.45, 7) is 2.02. The van der Waals surface area contributed by atoms with E-state index in [0.717, 1.165) is 16.5 Å². The van der Waals surface area contributed by atoms with Crippen molar-refractivity contribution in [3.63, 3.8) is 0 Å². The second kappa shape index (κ2) is 10.6. The van der Waals surface area contributed by atoms with Gasteiger partial charge in [-0.05, 0) is 39.9 Å². The predicted molar refractivity (Wildman–Crippen MR) is 100 cm³/mol. The minimum atomic E-state index is -0.870. The van der Waals surface area contributed by atoms with Crippen molar-refractivity contribution in [3.05, 3.63) is 36.0 Å². The molecule has 7 nitrogen and oxygen atoms in total. The average Bonchev–Trinajstić information content (AvgIpc) is 3.01. The first-order valence-corrected chi connectivity index (χ1v) is 8.58. The molecule has 1 heterocycles. The lowest BCUT2D eigenvalue weighted by atomic mass is 10.0. The van der Waals surface area contributed by atoms with Crippen molar-refractivity contribution in [2.75, 3.05) is 14.1 Å². The summed E-state index contributed by atoms with van der Waals surface area (Å²) in [5.74, 6) is -1.74. The third-order valence-electron chi connectivity index (χ3n) is 4.24. The highest BCUT2D eigenvalue weighted by molar-refractivity contribution is 5.83. The number of likely N-dealkylation sites (N-methyl/N-ethyl adjacent to an activating group) is 1. The van der Waals surface area contributed by atoms with Crippen LogP contribution in [0.1, 0.15) is 44.3 Å². The number of rotatable bonds is 8. The summed E-state index contributed by atoms with van der Waals surface area (Å²) in [7, 11) is 3.95. The normalized spacial score (nSPS) is 13.1. The molecule has 0 unspecified atom stereocenters. The van der Waals surface area contributed by atoms with Crippen LogP contribution in [0.3, 0.4) is 0 Å². The number of H-pyrrole nitrogens is 1. The van der Waals surface area contributed by atoms with Gasteiger partial charge in [-0.3, -0.25) is 9.59 Å². The average molecular weight is 364 g/mol. The van der Waals surface area contributed by atoms with Crippen molar-refractivity contribution in [2.45, 2.75) is 44.8 Å². The fourth-order valence-corrected chi connectivity index (χ4v) is 2.43. The Morgan fingerprint density at radius 2 is 1.62 bits per heavy atom. The zero-order valence-corrected chi connectivity index (χ0v) is 15.5. The van der Waals surface area contributed by atoms with Gasteiger partial charge in [0.2, 0.25) is 0 Å². The fraction of sp³-hybridized carbons (Fsp3) is 0.474. The molecule has 0 saturated carbocycles. The largest absolute Gasteiger partial charge is 0.481 e. The molecule has 0 aliphatic heterocycles. The lowest BCUT2D eigenvalue weighted by molar-refractivity contribution is -0.139. The third-order valence-corrected chi connectivity index (χ3v) is 4.24. The van der Waals surface area contributed by atoms with Crippen molar-refractivity contribution in [1.29, 1.82) is 0 Å². The highest BCUT2D eigenvalue weighted by atomic mass is 16.4. The van der Waals surface area contributed by atoms with Crippen LogP contribution in [0.15, 0.2) is 30.5 Å². The first-order valence-electron chi connectivity index (χ1n) is 8.58. The first kappa shape index (κ1) is 21.7. The topological polar surface area (TPSA) is 114 Å². The van der Waals surface area contributed by atoms with E-state index in [2.05, 4.69) is 4.98 Å². The van der Waals surface area contributed by atoms with Crippen molar-refractivity contribution in [1.82, 2.24) is 9.88 Å². The number of nitrogens with one attached hydrogen (secondary N) is 1.